The molecular formula is C10H18N4O. The minimum atomic E-state index is 0.00271. The number of amides is 1. The van der Waals surface area contributed by atoms with Crippen molar-refractivity contribution in [3.05, 3.63) is 18.0 Å². The minimum absolute atomic E-state index is 0.00271. The predicted molar refractivity (Wildman–Crippen MR) is 58.2 cm³/mol. The lowest BCUT2D eigenvalue weighted by Gasteiger charge is -2.16. The lowest BCUT2D eigenvalue weighted by Crippen LogP contribution is -2.34. The maximum Gasteiger partial charge on any atom is 0.224 e. The van der Waals surface area contributed by atoms with Gasteiger partial charge in [-0.15, -0.1) is 0 Å². The van der Waals surface area contributed by atoms with Gasteiger partial charge in [-0.3, -0.25) is 9.89 Å². The third-order valence-corrected chi connectivity index (χ3v) is 2.10. The molecule has 0 aliphatic heterocycles. The summed E-state index contributed by atoms with van der Waals surface area (Å²) in [4.78, 5) is 13.6. The van der Waals surface area contributed by atoms with E-state index in [9.17, 15) is 4.79 Å². The number of nitrogens with one attached hydrogen (secondary N) is 2. The molecule has 0 aliphatic rings. The summed E-state index contributed by atoms with van der Waals surface area (Å²) in [6, 6.07) is 1.84. The summed E-state index contributed by atoms with van der Waals surface area (Å²) in [5.74, 6) is 0.0706. The van der Waals surface area contributed by atoms with Crippen molar-refractivity contribution >= 4 is 5.91 Å². The van der Waals surface area contributed by atoms with Crippen molar-refractivity contribution in [1.29, 1.82) is 0 Å². The lowest BCUT2D eigenvalue weighted by molar-refractivity contribution is -0.125. The highest BCUT2D eigenvalue weighted by molar-refractivity contribution is 5.78. The van der Waals surface area contributed by atoms with E-state index in [1.807, 2.05) is 32.0 Å². The van der Waals surface area contributed by atoms with E-state index in [0.29, 0.717) is 6.54 Å². The molecular weight excluding hydrogens is 192 g/mol. The van der Waals surface area contributed by atoms with Gasteiger partial charge in [-0.05, 0) is 20.2 Å². The number of carbonyl (C=O) groups is 1. The van der Waals surface area contributed by atoms with E-state index >= 15 is 0 Å². The fourth-order valence-electron chi connectivity index (χ4n) is 1.37. The average Bonchev–Trinajstić information content (AvgIpc) is 2.65. The van der Waals surface area contributed by atoms with Crippen LogP contribution in [0.5, 0.6) is 0 Å². The summed E-state index contributed by atoms with van der Waals surface area (Å²) in [5, 5.41) is 9.46. The fraction of sp³-hybridized carbons (Fsp3) is 0.600. The van der Waals surface area contributed by atoms with E-state index in [-0.39, 0.29) is 11.8 Å². The van der Waals surface area contributed by atoms with Crippen molar-refractivity contribution < 1.29 is 4.79 Å². The first-order chi connectivity index (χ1) is 7.09. The van der Waals surface area contributed by atoms with Gasteiger partial charge in [0.1, 0.15) is 0 Å². The van der Waals surface area contributed by atoms with Crippen LogP contribution in [-0.4, -0.2) is 41.6 Å². The summed E-state index contributed by atoms with van der Waals surface area (Å²) < 4.78 is 0. The maximum absolute atomic E-state index is 11.6. The van der Waals surface area contributed by atoms with Crippen LogP contribution >= 0.6 is 0 Å². The molecule has 0 aliphatic carbocycles. The van der Waals surface area contributed by atoms with Gasteiger partial charge in [-0.2, -0.15) is 5.10 Å². The standard InChI is InChI=1S/C10H18N4O/c1-8(7-14(2)3)10(15)11-6-9-4-5-12-13-9/h4-5,8H,6-7H2,1-3H3,(H,11,15)(H,12,13)/t8-/m0/s1. The van der Waals surface area contributed by atoms with Crippen LogP contribution in [0, 0.1) is 5.92 Å². The third kappa shape index (κ3) is 4.12. The maximum atomic E-state index is 11.6. The number of aromatic amines is 1. The Bertz CT molecular complexity index is 294. The van der Waals surface area contributed by atoms with Crippen molar-refractivity contribution in [3.8, 4) is 0 Å². The third-order valence-electron chi connectivity index (χ3n) is 2.10. The zero-order valence-corrected chi connectivity index (χ0v) is 9.45. The summed E-state index contributed by atoms with van der Waals surface area (Å²) in [7, 11) is 3.91. The summed E-state index contributed by atoms with van der Waals surface area (Å²) in [6.45, 7) is 3.19. The second kappa shape index (κ2) is 5.50. The van der Waals surface area contributed by atoms with E-state index in [4.69, 9.17) is 0 Å². The molecule has 1 rings (SSSR count). The Morgan fingerprint density at radius 1 is 1.67 bits per heavy atom. The lowest BCUT2D eigenvalue weighted by atomic mass is 10.1. The Kier molecular flexibility index (Phi) is 4.30. The number of aromatic nitrogens is 2. The second-order valence-electron chi connectivity index (χ2n) is 3.96. The molecule has 2 N–H and O–H groups in total. The molecule has 0 spiro atoms. The summed E-state index contributed by atoms with van der Waals surface area (Å²) in [5.41, 5.74) is 0.917. The summed E-state index contributed by atoms with van der Waals surface area (Å²) >= 11 is 0. The molecule has 0 radical (unpaired) electrons. The predicted octanol–water partition coefficient (Wildman–Crippen LogP) is 0.224. The Hall–Kier alpha value is -1.36. The quantitative estimate of drug-likeness (QED) is 0.731. The zero-order valence-electron chi connectivity index (χ0n) is 9.45. The SMILES string of the molecule is C[C@@H](CN(C)C)C(=O)NCc1ccn[nH]1. The van der Waals surface area contributed by atoms with Gasteiger partial charge >= 0.3 is 0 Å². The topological polar surface area (TPSA) is 61.0 Å². The molecule has 0 aromatic carbocycles. The van der Waals surface area contributed by atoms with Gasteiger partial charge in [0.2, 0.25) is 5.91 Å². The Labute approximate surface area is 89.9 Å². The van der Waals surface area contributed by atoms with Crippen molar-refractivity contribution in [3.63, 3.8) is 0 Å². The Morgan fingerprint density at radius 3 is 2.93 bits per heavy atom. The second-order valence-corrected chi connectivity index (χ2v) is 3.96. The number of hydrogen-bond donors (Lipinski definition) is 2. The minimum Gasteiger partial charge on any atom is -0.350 e. The molecule has 1 aromatic heterocycles. The molecule has 1 heterocycles. The molecule has 1 amide bonds. The van der Waals surface area contributed by atoms with Crippen LogP contribution in [0.15, 0.2) is 12.3 Å². The van der Waals surface area contributed by atoms with Gasteiger partial charge in [0, 0.05) is 18.7 Å². The van der Waals surface area contributed by atoms with Crippen molar-refractivity contribution in [2.75, 3.05) is 20.6 Å². The monoisotopic (exact) mass is 210 g/mol. The molecule has 0 fully saturated rings. The van der Waals surface area contributed by atoms with Crippen LogP contribution in [0.2, 0.25) is 0 Å². The Morgan fingerprint density at radius 2 is 2.40 bits per heavy atom. The van der Waals surface area contributed by atoms with E-state index in [0.717, 1.165) is 12.2 Å². The molecule has 5 nitrogen and oxygen atoms in total. The van der Waals surface area contributed by atoms with Gasteiger partial charge in [0.25, 0.3) is 0 Å². The van der Waals surface area contributed by atoms with Crippen LogP contribution < -0.4 is 5.32 Å². The zero-order chi connectivity index (χ0) is 11.3. The van der Waals surface area contributed by atoms with E-state index in [2.05, 4.69) is 15.5 Å². The molecule has 1 aromatic rings. The van der Waals surface area contributed by atoms with Gasteiger partial charge in [-0.1, -0.05) is 6.92 Å². The highest BCUT2D eigenvalue weighted by Gasteiger charge is 2.12. The van der Waals surface area contributed by atoms with E-state index < -0.39 is 0 Å². The van der Waals surface area contributed by atoms with Crippen molar-refractivity contribution in [1.82, 2.24) is 20.4 Å². The molecule has 15 heavy (non-hydrogen) atoms. The fourth-order valence-corrected chi connectivity index (χ4v) is 1.37. The van der Waals surface area contributed by atoms with Crippen molar-refractivity contribution in [2.45, 2.75) is 13.5 Å². The Balaban J connectivity index is 2.29. The van der Waals surface area contributed by atoms with Crippen LogP contribution in [-0.2, 0) is 11.3 Å². The first kappa shape index (κ1) is 11.7. The first-order valence-corrected chi connectivity index (χ1v) is 5.00. The molecule has 84 valence electrons. The highest BCUT2D eigenvalue weighted by Crippen LogP contribution is 1.98. The van der Waals surface area contributed by atoms with Crippen LogP contribution in [0.3, 0.4) is 0 Å². The highest BCUT2D eigenvalue weighted by atomic mass is 16.1. The number of nitrogens with zero attached hydrogens (tertiary/aromatic N) is 2. The van der Waals surface area contributed by atoms with Crippen LogP contribution in [0.4, 0.5) is 0 Å². The van der Waals surface area contributed by atoms with Crippen LogP contribution in [0.25, 0.3) is 0 Å². The molecule has 0 saturated heterocycles. The van der Waals surface area contributed by atoms with Gasteiger partial charge in [0.05, 0.1) is 12.2 Å². The molecule has 1 atom stereocenters. The number of rotatable bonds is 5. The average molecular weight is 210 g/mol. The number of H-pyrrole nitrogens is 1. The van der Waals surface area contributed by atoms with Crippen LogP contribution in [0.1, 0.15) is 12.6 Å². The molecule has 0 unspecified atom stereocenters. The van der Waals surface area contributed by atoms with Gasteiger partial charge in [0.15, 0.2) is 0 Å². The first-order valence-electron chi connectivity index (χ1n) is 5.00. The smallest absolute Gasteiger partial charge is 0.224 e. The molecule has 5 heteroatoms. The molecule has 0 bridgehead atoms. The van der Waals surface area contributed by atoms with E-state index in [1.54, 1.807) is 6.20 Å². The van der Waals surface area contributed by atoms with E-state index in [1.165, 1.54) is 0 Å². The molecule has 0 saturated carbocycles. The summed E-state index contributed by atoms with van der Waals surface area (Å²) in [6.07, 6.45) is 1.67. The van der Waals surface area contributed by atoms with Gasteiger partial charge in [-0.25, -0.2) is 0 Å². The number of carbonyl (C=O) groups excluding carboxylic acids is 1. The van der Waals surface area contributed by atoms with Gasteiger partial charge < -0.3 is 10.2 Å². The normalized spacial score (nSPS) is 12.8. The largest absolute Gasteiger partial charge is 0.350 e. The van der Waals surface area contributed by atoms with Crippen molar-refractivity contribution in [2.24, 2.45) is 5.92 Å². The number of hydrogen-bond acceptors (Lipinski definition) is 3.